The van der Waals surface area contributed by atoms with E-state index in [0.29, 0.717) is 31.4 Å². The van der Waals surface area contributed by atoms with Crippen LogP contribution in [0.2, 0.25) is 0 Å². The van der Waals surface area contributed by atoms with E-state index in [9.17, 15) is 9.59 Å². The van der Waals surface area contributed by atoms with Gasteiger partial charge in [-0.1, -0.05) is 50.4 Å². The molecule has 0 heterocycles. The number of benzene rings is 1. The first kappa shape index (κ1) is 25.7. The lowest BCUT2D eigenvalue weighted by Crippen LogP contribution is -2.38. The Morgan fingerprint density at radius 1 is 1.06 bits per heavy atom. The van der Waals surface area contributed by atoms with Gasteiger partial charge in [0.1, 0.15) is 24.4 Å². The largest absolute Gasteiger partial charge is 0.493 e. The van der Waals surface area contributed by atoms with Crippen LogP contribution in [0.25, 0.3) is 0 Å². The Morgan fingerprint density at radius 2 is 1.71 bits per heavy atom. The van der Waals surface area contributed by atoms with E-state index in [1.165, 1.54) is 6.08 Å². The van der Waals surface area contributed by atoms with Crippen LogP contribution in [0.15, 0.2) is 61.9 Å². The number of ether oxygens (including phenoxy) is 3. The van der Waals surface area contributed by atoms with Gasteiger partial charge in [0, 0.05) is 6.42 Å². The monoisotopic (exact) mass is 425 g/mol. The maximum Gasteiger partial charge on any atom is 0.320 e. The first-order chi connectivity index (χ1) is 14.9. The van der Waals surface area contributed by atoms with Crippen molar-refractivity contribution in [2.75, 3.05) is 19.8 Å². The molecule has 1 rings (SSSR count). The molecule has 6 nitrogen and oxygen atoms in total. The molecule has 0 aliphatic carbocycles. The fourth-order valence-corrected chi connectivity index (χ4v) is 3.16. The summed E-state index contributed by atoms with van der Waals surface area (Å²) in [5, 5.41) is 9.04. The molecule has 166 valence electrons. The minimum Gasteiger partial charge on any atom is -0.493 e. The summed E-state index contributed by atoms with van der Waals surface area (Å²) in [7, 11) is 0. The standard InChI is InChI=1S/C25H31NO5/c1-5-16-30-20(4)25(24(28)31-17-6-2,15-9-8-10-23(27)29-7-3)18-21-11-13-22(19-26)14-12-21/h5-6,11-14H,1-2,4,7-10,15-18H2,3H3. The van der Waals surface area contributed by atoms with Gasteiger partial charge >= 0.3 is 11.9 Å². The van der Waals surface area contributed by atoms with Crippen LogP contribution in [0.3, 0.4) is 0 Å². The normalized spacial score (nSPS) is 12.0. The second-order valence-electron chi connectivity index (χ2n) is 6.99. The first-order valence-electron chi connectivity index (χ1n) is 10.3. The highest BCUT2D eigenvalue weighted by Gasteiger charge is 2.44. The average molecular weight is 426 g/mol. The van der Waals surface area contributed by atoms with E-state index < -0.39 is 11.4 Å². The zero-order chi connectivity index (χ0) is 23.1. The fraction of sp³-hybridized carbons (Fsp3) is 0.400. The molecule has 0 saturated heterocycles. The molecular weight excluding hydrogens is 394 g/mol. The predicted octanol–water partition coefficient (Wildman–Crippen LogP) is 4.66. The lowest BCUT2D eigenvalue weighted by atomic mass is 9.75. The van der Waals surface area contributed by atoms with Crippen molar-refractivity contribution in [1.29, 1.82) is 5.26 Å². The van der Waals surface area contributed by atoms with Crippen molar-refractivity contribution in [3.8, 4) is 6.07 Å². The predicted molar refractivity (Wildman–Crippen MR) is 119 cm³/mol. The van der Waals surface area contributed by atoms with E-state index in [2.05, 4.69) is 25.8 Å². The van der Waals surface area contributed by atoms with Gasteiger partial charge in [0.15, 0.2) is 0 Å². The Bertz CT molecular complexity index is 780. The minimum atomic E-state index is -1.16. The Labute approximate surface area is 184 Å². The number of nitrogens with zero attached hydrogens (tertiary/aromatic N) is 1. The summed E-state index contributed by atoms with van der Waals surface area (Å²) in [6.07, 6.45) is 5.11. The molecule has 1 unspecified atom stereocenters. The molecule has 0 aliphatic heterocycles. The van der Waals surface area contributed by atoms with E-state index in [1.54, 1.807) is 37.3 Å². The van der Waals surface area contributed by atoms with Crippen molar-refractivity contribution in [2.24, 2.45) is 5.41 Å². The third kappa shape index (κ3) is 8.13. The summed E-state index contributed by atoms with van der Waals surface area (Å²) in [6, 6.07) is 9.07. The van der Waals surface area contributed by atoms with Crippen molar-refractivity contribution in [3.05, 3.63) is 73.0 Å². The van der Waals surface area contributed by atoms with Crippen LogP contribution in [-0.4, -0.2) is 31.8 Å². The molecule has 1 aromatic rings. The van der Waals surface area contributed by atoms with Gasteiger partial charge in [0.05, 0.1) is 18.2 Å². The summed E-state index contributed by atoms with van der Waals surface area (Å²) >= 11 is 0. The SMILES string of the molecule is C=CCOC(=C)C(CCCCC(=O)OCC)(Cc1ccc(C#N)cc1)C(=O)OCC=C. The first-order valence-corrected chi connectivity index (χ1v) is 10.3. The van der Waals surface area contributed by atoms with Gasteiger partial charge < -0.3 is 14.2 Å². The molecule has 1 atom stereocenters. The summed E-state index contributed by atoms with van der Waals surface area (Å²) in [4.78, 5) is 24.9. The maximum absolute atomic E-state index is 13.2. The molecule has 0 amide bonds. The molecule has 0 radical (unpaired) electrons. The molecular formula is C25H31NO5. The van der Waals surface area contributed by atoms with E-state index >= 15 is 0 Å². The molecule has 6 heteroatoms. The highest BCUT2D eigenvalue weighted by atomic mass is 16.5. The van der Waals surface area contributed by atoms with Crippen LogP contribution in [0.1, 0.15) is 43.7 Å². The Hall–Kier alpha value is -3.33. The molecule has 0 bridgehead atoms. The van der Waals surface area contributed by atoms with Gasteiger partial charge in [-0.15, -0.1) is 0 Å². The quantitative estimate of drug-likeness (QED) is 0.176. The second-order valence-corrected chi connectivity index (χ2v) is 6.99. The number of carbonyl (C=O) groups is 2. The van der Waals surface area contributed by atoms with E-state index in [-0.39, 0.29) is 37.8 Å². The zero-order valence-electron chi connectivity index (χ0n) is 18.2. The molecule has 0 N–H and O–H groups in total. The maximum atomic E-state index is 13.2. The molecule has 1 aromatic carbocycles. The van der Waals surface area contributed by atoms with Gasteiger partial charge in [0.25, 0.3) is 0 Å². The lowest BCUT2D eigenvalue weighted by molar-refractivity contribution is -0.155. The van der Waals surface area contributed by atoms with Gasteiger partial charge in [-0.25, -0.2) is 0 Å². The molecule has 0 aliphatic rings. The Morgan fingerprint density at radius 3 is 2.29 bits per heavy atom. The Balaban J connectivity index is 3.17. The van der Waals surface area contributed by atoms with E-state index in [4.69, 9.17) is 19.5 Å². The Kier molecular flexibility index (Phi) is 11.5. The van der Waals surface area contributed by atoms with Crippen molar-refractivity contribution in [1.82, 2.24) is 0 Å². The molecule has 0 spiro atoms. The van der Waals surface area contributed by atoms with Gasteiger partial charge in [-0.3, -0.25) is 9.59 Å². The number of carbonyl (C=O) groups excluding carboxylic acids is 2. The van der Waals surface area contributed by atoms with Crippen LogP contribution in [0.4, 0.5) is 0 Å². The van der Waals surface area contributed by atoms with E-state index in [1.807, 2.05) is 0 Å². The van der Waals surface area contributed by atoms with Gasteiger partial charge in [0.2, 0.25) is 0 Å². The van der Waals surface area contributed by atoms with Crippen molar-refractivity contribution < 1.29 is 23.8 Å². The van der Waals surface area contributed by atoms with Crippen molar-refractivity contribution >= 4 is 11.9 Å². The van der Waals surface area contributed by atoms with Gasteiger partial charge in [-0.05, 0) is 43.9 Å². The minimum absolute atomic E-state index is 0.0610. The lowest BCUT2D eigenvalue weighted by Gasteiger charge is -2.33. The van der Waals surface area contributed by atoms with Crippen molar-refractivity contribution in [3.63, 3.8) is 0 Å². The molecule has 31 heavy (non-hydrogen) atoms. The summed E-state index contributed by atoms with van der Waals surface area (Å²) in [6.45, 7) is 13.6. The van der Waals surface area contributed by atoms with Crippen LogP contribution < -0.4 is 0 Å². The number of rotatable bonds is 15. The molecule has 0 aromatic heterocycles. The number of hydrogen-bond donors (Lipinski definition) is 0. The fourth-order valence-electron chi connectivity index (χ4n) is 3.16. The zero-order valence-corrected chi connectivity index (χ0v) is 18.2. The van der Waals surface area contributed by atoms with Crippen LogP contribution in [0, 0.1) is 16.7 Å². The van der Waals surface area contributed by atoms with Crippen LogP contribution in [-0.2, 0) is 30.2 Å². The summed E-state index contributed by atoms with van der Waals surface area (Å²) in [5.74, 6) is -0.458. The second kappa shape index (κ2) is 13.8. The summed E-state index contributed by atoms with van der Waals surface area (Å²) in [5.41, 5.74) is 0.206. The van der Waals surface area contributed by atoms with Gasteiger partial charge in [-0.2, -0.15) is 5.26 Å². The topological polar surface area (TPSA) is 85.6 Å². The third-order valence-electron chi connectivity index (χ3n) is 4.76. The number of nitriles is 1. The van der Waals surface area contributed by atoms with Crippen molar-refractivity contribution in [2.45, 2.75) is 39.0 Å². The highest BCUT2D eigenvalue weighted by molar-refractivity contribution is 5.80. The number of esters is 2. The molecule has 0 saturated carbocycles. The van der Waals surface area contributed by atoms with Crippen LogP contribution >= 0.6 is 0 Å². The molecule has 0 fully saturated rings. The average Bonchev–Trinajstić information content (AvgIpc) is 2.78. The summed E-state index contributed by atoms with van der Waals surface area (Å²) < 4.78 is 16.1. The number of hydrogen-bond acceptors (Lipinski definition) is 6. The third-order valence-corrected chi connectivity index (χ3v) is 4.76. The van der Waals surface area contributed by atoms with Crippen LogP contribution in [0.5, 0.6) is 0 Å². The highest BCUT2D eigenvalue weighted by Crippen LogP contribution is 2.39. The number of unbranched alkanes of at least 4 members (excludes halogenated alkanes) is 1. The van der Waals surface area contributed by atoms with E-state index in [0.717, 1.165) is 5.56 Å². The smallest absolute Gasteiger partial charge is 0.320 e.